The van der Waals surface area contributed by atoms with Crippen LogP contribution in [0.3, 0.4) is 0 Å². The number of halogens is 1. The first-order chi connectivity index (χ1) is 13.5. The lowest BCUT2D eigenvalue weighted by Gasteiger charge is -2.13. The van der Waals surface area contributed by atoms with Crippen LogP contribution in [0.5, 0.6) is 0 Å². The molecule has 1 aromatic carbocycles. The molecule has 138 valence electrons. The maximum atomic E-state index is 12.9. The standard InChI is InChI=1S/C21H14BrN3O3/c22-18-7-3-4-14(24-18)11-25-12-16(20(27)13-8-9-19(26)23-10-13)21(28)15-5-1-2-6-17(15)25/h1-10,12H,11H2,(H,23,26). The number of carbonyl (C=O) groups is 1. The molecule has 0 atom stereocenters. The van der Waals surface area contributed by atoms with Crippen molar-refractivity contribution in [3.8, 4) is 0 Å². The average molecular weight is 436 g/mol. The molecule has 0 fully saturated rings. The summed E-state index contributed by atoms with van der Waals surface area (Å²) in [5.74, 6) is -0.442. The van der Waals surface area contributed by atoms with Crippen LogP contribution in [0.15, 0.2) is 81.2 Å². The van der Waals surface area contributed by atoms with E-state index >= 15 is 0 Å². The first-order valence-corrected chi connectivity index (χ1v) is 9.29. The number of para-hydroxylation sites is 1. The predicted molar refractivity (Wildman–Crippen MR) is 110 cm³/mol. The van der Waals surface area contributed by atoms with Crippen molar-refractivity contribution in [1.29, 1.82) is 0 Å². The molecule has 3 aromatic heterocycles. The van der Waals surface area contributed by atoms with E-state index in [0.29, 0.717) is 22.1 Å². The summed E-state index contributed by atoms with van der Waals surface area (Å²) in [5, 5.41) is 0.452. The minimum atomic E-state index is -0.442. The van der Waals surface area contributed by atoms with Crippen molar-refractivity contribution in [3.05, 3.63) is 109 Å². The second-order valence-electron chi connectivity index (χ2n) is 6.24. The van der Waals surface area contributed by atoms with Gasteiger partial charge in [0.2, 0.25) is 11.0 Å². The lowest BCUT2D eigenvalue weighted by atomic mass is 10.0. The molecule has 0 unspecified atom stereocenters. The minimum Gasteiger partial charge on any atom is -0.340 e. The molecule has 0 saturated carbocycles. The molecule has 6 nitrogen and oxygen atoms in total. The fourth-order valence-corrected chi connectivity index (χ4v) is 3.44. The largest absolute Gasteiger partial charge is 0.340 e. The normalized spacial score (nSPS) is 10.9. The number of ketones is 1. The summed E-state index contributed by atoms with van der Waals surface area (Å²) in [6.07, 6.45) is 2.88. The number of nitrogens with one attached hydrogen (secondary N) is 1. The molecule has 28 heavy (non-hydrogen) atoms. The SMILES string of the molecule is O=C(c1ccc(=O)[nH]c1)c1cn(Cc2cccc(Br)n2)c2ccccc2c1=O. The molecule has 4 aromatic rings. The molecule has 4 rings (SSSR count). The maximum Gasteiger partial charge on any atom is 0.247 e. The van der Waals surface area contributed by atoms with Crippen molar-refractivity contribution in [2.75, 3.05) is 0 Å². The highest BCUT2D eigenvalue weighted by atomic mass is 79.9. The molecule has 0 saturated heterocycles. The number of aromatic nitrogens is 3. The van der Waals surface area contributed by atoms with Gasteiger partial charge in [-0.05, 0) is 46.3 Å². The maximum absolute atomic E-state index is 12.9. The van der Waals surface area contributed by atoms with Crippen LogP contribution in [-0.4, -0.2) is 20.3 Å². The Bertz CT molecular complexity index is 1300. The number of aromatic amines is 1. The van der Waals surface area contributed by atoms with E-state index in [1.54, 1.807) is 18.3 Å². The summed E-state index contributed by atoms with van der Waals surface area (Å²) in [5.41, 5.74) is 1.14. The van der Waals surface area contributed by atoms with Gasteiger partial charge in [0.1, 0.15) is 4.60 Å². The van der Waals surface area contributed by atoms with Gasteiger partial charge in [-0.1, -0.05) is 18.2 Å². The zero-order valence-corrected chi connectivity index (χ0v) is 16.1. The Morgan fingerprint density at radius 3 is 2.61 bits per heavy atom. The number of pyridine rings is 3. The number of rotatable bonds is 4. The first-order valence-electron chi connectivity index (χ1n) is 8.50. The number of hydrogen-bond donors (Lipinski definition) is 1. The minimum absolute atomic E-state index is 0.0424. The van der Waals surface area contributed by atoms with Gasteiger partial charge in [-0.3, -0.25) is 14.4 Å². The Morgan fingerprint density at radius 1 is 1.04 bits per heavy atom. The van der Waals surface area contributed by atoms with E-state index in [1.807, 2.05) is 34.9 Å². The smallest absolute Gasteiger partial charge is 0.247 e. The second kappa shape index (κ2) is 7.36. The fraction of sp³-hybridized carbons (Fsp3) is 0.0476. The molecule has 7 heteroatoms. The monoisotopic (exact) mass is 435 g/mol. The molecule has 0 radical (unpaired) electrons. The number of H-pyrrole nitrogens is 1. The van der Waals surface area contributed by atoms with Crippen molar-refractivity contribution in [1.82, 2.24) is 14.5 Å². The molecule has 1 N–H and O–H groups in total. The van der Waals surface area contributed by atoms with Crippen LogP contribution >= 0.6 is 15.9 Å². The summed E-state index contributed by atoms with van der Waals surface area (Å²) in [7, 11) is 0. The van der Waals surface area contributed by atoms with Crippen LogP contribution in [0, 0.1) is 0 Å². The topological polar surface area (TPSA) is 84.8 Å². The number of fused-ring (bicyclic) bond motifs is 1. The van der Waals surface area contributed by atoms with Gasteiger partial charge in [-0.15, -0.1) is 0 Å². The number of nitrogens with zero attached hydrogens (tertiary/aromatic N) is 2. The van der Waals surface area contributed by atoms with E-state index in [9.17, 15) is 14.4 Å². The lowest BCUT2D eigenvalue weighted by molar-refractivity contribution is 0.103. The molecule has 0 spiro atoms. The van der Waals surface area contributed by atoms with E-state index in [-0.39, 0.29) is 22.1 Å². The van der Waals surface area contributed by atoms with Gasteiger partial charge in [0.05, 0.1) is 23.3 Å². The molecule has 0 aliphatic carbocycles. The van der Waals surface area contributed by atoms with E-state index < -0.39 is 5.78 Å². The Balaban J connectivity index is 1.89. The van der Waals surface area contributed by atoms with Crippen molar-refractivity contribution in [2.24, 2.45) is 0 Å². The van der Waals surface area contributed by atoms with Gasteiger partial charge in [0, 0.05) is 29.4 Å². The summed E-state index contributed by atoms with van der Waals surface area (Å²) < 4.78 is 2.55. The number of benzene rings is 1. The van der Waals surface area contributed by atoms with Gasteiger partial charge in [-0.2, -0.15) is 0 Å². The summed E-state index contributed by atoms with van der Waals surface area (Å²) in [6.45, 7) is 0.395. The Labute approximate surface area is 167 Å². The molecular weight excluding hydrogens is 422 g/mol. The van der Waals surface area contributed by atoms with Crippen molar-refractivity contribution >= 4 is 32.6 Å². The molecule has 3 heterocycles. The van der Waals surface area contributed by atoms with Gasteiger partial charge >= 0.3 is 0 Å². The fourth-order valence-electron chi connectivity index (χ4n) is 3.06. The zero-order chi connectivity index (χ0) is 19.7. The third-order valence-electron chi connectivity index (χ3n) is 4.38. The predicted octanol–water partition coefficient (Wildman–Crippen LogP) is 3.13. The summed E-state index contributed by atoms with van der Waals surface area (Å²) >= 11 is 3.36. The highest BCUT2D eigenvalue weighted by Crippen LogP contribution is 2.16. The second-order valence-corrected chi connectivity index (χ2v) is 7.05. The van der Waals surface area contributed by atoms with Gasteiger partial charge in [0.15, 0.2) is 5.78 Å². The van der Waals surface area contributed by atoms with Gasteiger partial charge in [0.25, 0.3) is 0 Å². The summed E-state index contributed by atoms with van der Waals surface area (Å²) in [4.78, 5) is 44.0. The zero-order valence-electron chi connectivity index (χ0n) is 14.6. The van der Waals surface area contributed by atoms with Crippen LogP contribution in [0.25, 0.3) is 10.9 Å². The molecule has 0 aliphatic rings. The van der Waals surface area contributed by atoms with E-state index in [2.05, 4.69) is 25.9 Å². The van der Waals surface area contributed by atoms with Crippen LogP contribution in [0.1, 0.15) is 21.6 Å². The van der Waals surface area contributed by atoms with E-state index in [4.69, 9.17) is 0 Å². The van der Waals surface area contributed by atoms with E-state index in [0.717, 1.165) is 5.69 Å². The average Bonchev–Trinajstić information content (AvgIpc) is 2.70. The lowest BCUT2D eigenvalue weighted by Crippen LogP contribution is -2.21. The van der Waals surface area contributed by atoms with Crippen molar-refractivity contribution in [2.45, 2.75) is 6.54 Å². The quantitative estimate of drug-likeness (QED) is 0.394. The third kappa shape index (κ3) is 3.44. The van der Waals surface area contributed by atoms with Gasteiger partial charge in [-0.25, -0.2) is 4.98 Å². The molecular formula is C21H14BrN3O3. The van der Waals surface area contributed by atoms with Crippen LogP contribution in [0.4, 0.5) is 0 Å². The Kier molecular flexibility index (Phi) is 4.75. The molecule has 0 bridgehead atoms. The third-order valence-corrected chi connectivity index (χ3v) is 4.83. The highest BCUT2D eigenvalue weighted by molar-refractivity contribution is 9.10. The number of carbonyl (C=O) groups excluding carboxylic acids is 1. The van der Waals surface area contributed by atoms with Crippen LogP contribution < -0.4 is 11.0 Å². The first kappa shape index (κ1) is 18.1. The van der Waals surface area contributed by atoms with Gasteiger partial charge < -0.3 is 9.55 Å². The van der Waals surface area contributed by atoms with Crippen molar-refractivity contribution in [3.63, 3.8) is 0 Å². The highest BCUT2D eigenvalue weighted by Gasteiger charge is 2.17. The van der Waals surface area contributed by atoms with Crippen molar-refractivity contribution < 1.29 is 4.79 Å². The molecule has 0 amide bonds. The van der Waals surface area contributed by atoms with Crippen LogP contribution in [0.2, 0.25) is 0 Å². The Morgan fingerprint density at radius 2 is 1.86 bits per heavy atom. The number of hydrogen-bond acceptors (Lipinski definition) is 4. The Hall–Kier alpha value is -3.32. The van der Waals surface area contributed by atoms with E-state index in [1.165, 1.54) is 18.3 Å². The van der Waals surface area contributed by atoms with Crippen LogP contribution in [-0.2, 0) is 6.54 Å². The summed E-state index contributed by atoms with van der Waals surface area (Å²) in [6, 6.07) is 15.4. The molecule has 0 aliphatic heterocycles.